The van der Waals surface area contributed by atoms with E-state index in [1.54, 1.807) is 19.2 Å². The fourth-order valence-corrected chi connectivity index (χ4v) is 4.05. The fraction of sp³-hybridized carbons (Fsp3) is 0.667. The summed E-state index contributed by atoms with van der Waals surface area (Å²) in [7, 11) is 3.95. The number of alkyl halides is 2. The Morgan fingerprint density at radius 3 is 2.83 bits per heavy atom. The largest absolute Gasteiger partial charge is 0.433 e. The lowest BCUT2D eigenvalue weighted by Crippen LogP contribution is -2.46. The zero-order valence-corrected chi connectivity index (χ0v) is 18.0. The summed E-state index contributed by atoms with van der Waals surface area (Å²) in [4.78, 5) is 11.3. The number of likely N-dealkylation sites (N-methyl/N-ethyl adjacent to an activating group) is 1. The van der Waals surface area contributed by atoms with Gasteiger partial charge in [-0.15, -0.1) is 0 Å². The van der Waals surface area contributed by atoms with Crippen molar-refractivity contribution in [3.8, 4) is 5.75 Å². The molecule has 3 rings (SSSR count). The number of benzene rings is 1. The Balaban J connectivity index is 1.45. The SMILES string of the molecule is CN=C(NCCN1CCCN(C)CC1)NC1CCN(c2ccccc2OC(F)F)C1. The first-order valence-corrected chi connectivity index (χ1v) is 10.7. The standard InChI is InChI=1S/C21H34F2N6O/c1-24-21(25-9-13-28-11-5-10-27(2)14-15-28)26-17-8-12-29(16-17)18-6-3-4-7-19(18)30-20(22)23/h3-4,6-7,17,20H,5,8-16H2,1-2H3,(H2,24,25,26). The summed E-state index contributed by atoms with van der Waals surface area (Å²) >= 11 is 0. The number of aliphatic imine (C=N–C) groups is 1. The van der Waals surface area contributed by atoms with Gasteiger partial charge in [-0.05, 0) is 45.1 Å². The van der Waals surface area contributed by atoms with Crippen LogP contribution in [-0.4, -0.2) is 94.9 Å². The molecule has 30 heavy (non-hydrogen) atoms. The molecule has 1 atom stereocenters. The molecule has 1 unspecified atom stereocenters. The van der Waals surface area contributed by atoms with Crippen LogP contribution < -0.4 is 20.3 Å². The molecule has 0 amide bonds. The van der Waals surface area contributed by atoms with E-state index in [0.717, 1.165) is 58.2 Å². The van der Waals surface area contributed by atoms with Crippen LogP contribution >= 0.6 is 0 Å². The molecule has 2 N–H and O–H groups in total. The lowest BCUT2D eigenvalue weighted by Gasteiger charge is -2.23. The van der Waals surface area contributed by atoms with Gasteiger partial charge in [-0.1, -0.05) is 12.1 Å². The highest BCUT2D eigenvalue weighted by molar-refractivity contribution is 5.80. The number of ether oxygens (including phenoxy) is 1. The average Bonchev–Trinajstić information content (AvgIpc) is 3.09. The summed E-state index contributed by atoms with van der Waals surface area (Å²) in [5.74, 6) is 1.00. The summed E-state index contributed by atoms with van der Waals surface area (Å²) in [6.07, 6.45) is 2.11. The number of hydrogen-bond acceptors (Lipinski definition) is 5. The molecule has 0 aromatic heterocycles. The van der Waals surface area contributed by atoms with E-state index in [1.165, 1.54) is 6.42 Å². The van der Waals surface area contributed by atoms with Crippen LogP contribution in [0.25, 0.3) is 0 Å². The molecular formula is C21H34F2N6O. The monoisotopic (exact) mass is 424 g/mol. The first-order valence-electron chi connectivity index (χ1n) is 10.7. The van der Waals surface area contributed by atoms with Crippen LogP contribution in [0.3, 0.4) is 0 Å². The quantitative estimate of drug-likeness (QED) is 0.513. The number of halogens is 2. The highest BCUT2D eigenvalue weighted by atomic mass is 19.3. The van der Waals surface area contributed by atoms with E-state index < -0.39 is 6.61 Å². The van der Waals surface area contributed by atoms with E-state index in [9.17, 15) is 8.78 Å². The zero-order valence-electron chi connectivity index (χ0n) is 18.0. The molecule has 168 valence electrons. The van der Waals surface area contributed by atoms with Crippen LogP contribution in [0.4, 0.5) is 14.5 Å². The highest BCUT2D eigenvalue weighted by Crippen LogP contribution is 2.31. The van der Waals surface area contributed by atoms with Crippen molar-refractivity contribution in [3.63, 3.8) is 0 Å². The van der Waals surface area contributed by atoms with E-state index in [1.807, 2.05) is 12.1 Å². The van der Waals surface area contributed by atoms with Gasteiger partial charge in [0.2, 0.25) is 0 Å². The summed E-state index contributed by atoms with van der Waals surface area (Å²) in [5.41, 5.74) is 0.705. The summed E-state index contributed by atoms with van der Waals surface area (Å²) in [5, 5.41) is 6.87. The number of nitrogens with zero attached hydrogens (tertiary/aromatic N) is 4. The molecule has 2 saturated heterocycles. The van der Waals surface area contributed by atoms with Gasteiger partial charge in [0.15, 0.2) is 5.96 Å². The second kappa shape index (κ2) is 11.3. The Bertz CT molecular complexity index is 689. The third-order valence-electron chi connectivity index (χ3n) is 5.71. The van der Waals surface area contributed by atoms with Crippen LogP contribution in [0.1, 0.15) is 12.8 Å². The third-order valence-corrected chi connectivity index (χ3v) is 5.71. The van der Waals surface area contributed by atoms with Crippen molar-refractivity contribution >= 4 is 11.6 Å². The Morgan fingerprint density at radius 1 is 1.20 bits per heavy atom. The summed E-state index contributed by atoms with van der Waals surface area (Å²) < 4.78 is 30.1. The third kappa shape index (κ3) is 6.70. The molecule has 0 radical (unpaired) electrons. The van der Waals surface area contributed by atoms with Crippen LogP contribution in [0.2, 0.25) is 0 Å². The van der Waals surface area contributed by atoms with Gasteiger partial charge < -0.3 is 30.1 Å². The van der Waals surface area contributed by atoms with Crippen molar-refractivity contribution in [1.29, 1.82) is 0 Å². The molecule has 2 fully saturated rings. The van der Waals surface area contributed by atoms with Crippen molar-refractivity contribution < 1.29 is 13.5 Å². The van der Waals surface area contributed by atoms with Crippen LogP contribution in [0.15, 0.2) is 29.3 Å². The molecule has 1 aromatic rings. The zero-order chi connectivity index (χ0) is 21.3. The molecule has 0 spiro atoms. The van der Waals surface area contributed by atoms with Crippen molar-refractivity contribution in [1.82, 2.24) is 20.4 Å². The smallest absolute Gasteiger partial charge is 0.387 e. The van der Waals surface area contributed by atoms with Crippen molar-refractivity contribution in [2.75, 3.05) is 71.4 Å². The predicted octanol–water partition coefficient (Wildman–Crippen LogP) is 1.67. The molecule has 0 aliphatic carbocycles. The average molecular weight is 425 g/mol. The molecule has 0 saturated carbocycles. The van der Waals surface area contributed by atoms with Crippen molar-refractivity contribution in [3.05, 3.63) is 24.3 Å². The second-order valence-corrected chi connectivity index (χ2v) is 7.92. The van der Waals surface area contributed by atoms with Gasteiger partial charge in [-0.25, -0.2) is 0 Å². The minimum absolute atomic E-state index is 0.197. The summed E-state index contributed by atoms with van der Waals surface area (Å²) in [6, 6.07) is 7.16. The first-order chi connectivity index (χ1) is 14.5. The van der Waals surface area contributed by atoms with Gasteiger partial charge >= 0.3 is 6.61 Å². The number of para-hydroxylation sites is 2. The predicted molar refractivity (Wildman–Crippen MR) is 117 cm³/mol. The molecule has 1 aromatic carbocycles. The molecule has 2 aliphatic rings. The second-order valence-electron chi connectivity index (χ2n) is 7.92. The number of rotatable bonds is 7. The van der Waals surface area contributed by atoms with Gasteiger partial charge in [0.1, 0.15) is 5.75 Å². The Morgan fingerprint density at radius 2 is 2.03 bits per heavy atom. The van der Waals surface area contributed by atoms with Crippen LogP contribution in [-0.2, 0) is 0 Å². The molecule has 7 nitrogen and oxygen atoms in total. The van der Waals surface area contributed by atoms with Crippen molar-refractivity contribution in [2.45, 2.75) is 25.5 Å². The molecule has 2 heterocycles. The Kier molecular flexibility index (Phi) is 8.50. The number of anilines is 1. The Hall–Kier alpha value is -2.13. The van der Waals surface area contributed by atoms with E-state index in [0.29, 0.717) is 12.2 Å². The van der Waals surface area contributed by atoms with Gasteiger partial charge in [-0.3, -0.25) is 4.99 Å². The number of nitrogens with one attached hydrogen (secondary N) is 2. The fourth-order valence-electron chi connectivity index (χ4n) is 4.05. The topological polar surface area (TPSA) is 55.4 Å². The maximum atomic E-state index is 12.7. The van der Waals surface area contributed by atoms with Gasteiger partial charge in [0, 0.05) is 52.4 Å². The lowest BCUT2D eigenvalue weighted by molar-refractivity contribution is -0.0495. The van der Waals surface area contributed by atoms with E-state index in [-0.39, 0.29) is 11.8 Å². The van der Waals surface area contributed by atoms with Gasteiger partial charge in [0.25, 0.3) is 0 Å². The van der Waals surface area contributed by atoms with Gasteiger partial charge in [0.05, 0.1) is 5.69 Å². The van der Waals surface area contributed by atoms with Crippen LogP contribution in [0, 0.1) is 0 Å². The molecule has 0 bridgehead atoms. The molecule has 2 aliphatic heterocycles. The minimum Gasteiger partial charge on any atom is -0.433 e. The minimum atomic E-state index is -2.82. The van der Waals surface area contributed by atoms with E-state index >= 15 is 0 Å². The van der Waals surface area contributed by atoms with E-state index in [4.69, 9.17) is 0 Å². The van der Waals surface area contributed by atoms with E-state index in [2.05, 4.69) is 42.1 Å². The first kappa shape index (κ1) is 22.6. The molecular weight excluding hydrogens is 390 g/mol. The van der Waals surface area contributed by atoms with Crippen LogP contribution in [0.5, 0.6) is 5.75 Å². The normalized spacial score (nSPS) is 21.7. The number of hydrogen-bond donors (Lipinski definition) is 2. The van der Waals surface area contributed by atoms with Crippen molar-refractivity contribution in [2.24, 2.45) is 4.99 Å². The van der Waals surface area contributed by atoms with Gasteiger partial charge in [-0.2, -0.15) is 8.78 Å². The number of guanidine groups is 1. The maximum absolute atomic E-state index is 12.7. The Labute approximate surface area is 178 Å². The maximum Gasteiger partial charge on any atom is 0.387 e. The molecule has 9 heteroatoms. The lowest BCUT2D eigenvalue weighted by atomic mass is 10.2. The summed E-state index contributed by atoms with van der Waals surface area (Å²) in [6.45, 7) is 5.00. The highest BCUT2D eigenvalue weighted by Gasteiger charge is 2.26.